The number of ether oxygens (including phenoxy) is 2. The first-order valence-corrected chi connectivity index (χ1v) is 10.2. The van der Waals surface area contributed by atoms with Gasteiger partial charge in [-0.1, -0.05) is 35.9 Å². The molecule has 160 valence electrons. The molecular formula is C23H30N4O3. The molecule has 1 heterocycles. The summed E-state index contributed by atoms with van der Waals surface area (Å²) in [6.45, 7) is 3.79. The van der Waals surface area contributed by atoms with Gasteiger partial charge in [0.1, 0.15) is 24.7 Å². The van der Waals surface area contributed by atoms with E-state index < -0.39 is 0 Å². The van der Waals surface area contributed by atoms with Crippen LogP contribution in [0.1, 0.15) is 23.6 Å². The lowest BCUT2D eigenvalue weighted by Crippen LogP contribution is -2.43. The molecule has 2 aromatic carbocycles. The molecule has 0 bridgehead atoms. The fraction of sp³-hybridized carbons (Fsp3) is 0.391. The van der Waals surface area contributed by atoms with Crippen molar-refractivity contribution in [2.75, 3.05) is 40.4 Å². The minimum atomic E-state index is -0.0561. The Morgan fingerprint density at radius 2 is 1.97 bits per heavy atom. The Labute approximate surface area is 178 Å². The molecule has 0 radical (unpaired) electrons. The van der Waals surface area contributed by atoms with E-state index in [1.807, 2.05) is 49.4 Å². The van der Waals surface area contributed by atoms with E-state index in [0.717, 1.165) is 23.5 Å². The van der Waals surface area contributed by atoms with Gasteiger partial charge in [-0.15, -0.1) is 0 Å². The second kappa shape index (κ2) is 10.5. The SMILES string of the molecule is Cc1ccc(OCCNC(=NCC(=O)N(C)C)NC2CCOc3ccccc32)cc1. The summed E-state index contributed by atoms with van der Waals surface area (Å²) >= 11 is 0. The van der Waals surface area contributed by atoms with Crippen LogP contribution in [-0.2, 0) is 4.79 Å². The van der Waals surface area contributed by atoms with Gasteiger partial charge in [-0.3, -0.25) is 4.79 Å². The minimum absolute atomic E-state index is 0.0561. The second-order valence-electron chi connectivity index (χ2n) is 7.41. The zero-order valence-electron chi connectivity index (χ0n) is 17.9. The standard InChI is InChI=1S/C23H30N4O3/c1-17-8-10-18(11-9-17)29-15-13-24-23(25-16-22(28)27(2)3)26-20-12-14-30-21-7-5-4-6-19(20)21/h4-11,20H,12-16H2,1-3H3,(H2,24,25,26). The van der Waals surface area contributed by atoms with Crippen LogP contribution in [0, 0.1) is 6.92 Å². The number of fused-ring (bicyclic) bond motifs is 1. The highest BCUT2D eigenvalue weighted by molar-refractivity contribution is 5.85. The maximum Gasteiger partial charge on any atom is 0.243 e. The third-order valence-electron chi connectivity index (χ3n) is 4.82. The summed E-state index contributed by atoms with van der Waals surface area (Å²) in [6.07, 6.45) is 0.819. The van der Waals surface area contributed by atoms with Crippen molar-refractivity contribution >= 4 is 11.9 Å². The number of carbonyl (C=O) groups excluding carboxylic acids is 1. The predicted octanol–water partition coefficient (Wildman–Crippen LogP) is 2.52. The van der Waals surface area contributed by atoms with Gasteiger partial charge in [0.05, 0.1) is 19.2 Å². The second-order valence-corrected chi connectivity index (χ2v) is 7.41. The van der Waals surface area contributed by atoms with Crippen molar-refractivity contribution in [3.05, 3.63) is 59.7 Å². The molecule has 30 heavy (non-hydrogen) atoms. The van der Waals surface area contributed by atoms with Gasteiger partial charge in [0.2, 0.25) is 5.91 Å². The first-order chi connectivity index (χ1) is 14.5. The van der Waals surface area contributed by atoms with E-state index in [2.05, 4.69) is 21.7 Å². The number of aryl methyl sites for hydroxylation is 1. The van der Waals surface area contributed by atoms with E-state index in [9.17, 15) is 4.79 Å². The highest BCUT2D eigenvalue weighted by atomic mass is 16.5. The Morgan fingerprint density at radius 3 is 2.73 bits per heavy atom. The number of carbonyl (C=O) groups is 1. The quantitative estimate of drug-likeness (QED) is 0.417. The molecule has 0 aliphatic carbocycles. The Balaban J connectivity index is 1.61. The van der Waals surface area contributed by atoms with Crippen LogP contribution in [0.4, 0.5) is 0 Å². The number of benzene rings is 2. The highest BCUT2D eigenvalue weighted by Gasteiger charge is 2.22. The number of rotatable bonds is 7. The molecule has 1 unspecified atom stereocenters. The molecule has 1 atom stereocenters. The smallest absolute Gasteiger partial charge is 0.243 e. The third-order valence-corrected chi connectivity index (χ3v) is 4.82. The average Bonchev–Trinajstić information content (AvgIpc) is 2.76. The molecule has 7 heteroatoms. The molecule has 0 fully saturated rings. The lowest BCUT2D eigenvalue weighted by molar-refractivity contribution is -0.127. The summed E-state index contributed by atoms with van der Waals surface area (Å²) in [4.78, 5) is 18.0. The normalized spacial score (nSPS) is 15.6. The Kier molecular flexibility index (Phi) is 7.54. The average molecular weight is 411 g/mol. The third kappa shape index (κ3) is 6.14. The molecule has 7 nitrogen and oxygen atoms in total. The van der Waals surface area contributed by atoms with Crippen molar-refractivity contribution < 1.29 is 14.3 Å². The maximum absolute atomic E-state index is 12.0. The van der Waals surface area contributed by atoms with Crippen LogP contribution in [0.2, 0.25) is 0 Å². The van der Waals surface area contributed by atoms with Crippen LogP contribution in [0.5, 0.6) is 11.5 Å². The number of hydrogen-bond donors (Lipinski definition) is 2. The van der Waals surface area contributed by atoms with Crippen LogP contribution in [0.25, 0.3) is 0 Å². The van der Waals surface area contributed by atoms with E-state index in [1.54, 1.807) is 14.1 Å². The summed E-state index contributed by atoms with van der Waals surface area (Å²) in [5.74, 6) is 2.24. The van der Waals surface area contributed by atoms with E-state index in [-0.39, 0.29) is 18.5 Å². The van der Waals surface area contributed by atoms with Crippen molar-refractivity contribution in [2.24, 2.45) is 4.99 Å². The van der Waals surface area contributed by atoms with Crippen LogP contribution in [0.15, 0.2) is 53.5 Å². The van der Waals surface area contributed by atoms with Gasteiger partial charge in [0.25, 0.3) is 0 Å². The van der Waals surface area contributed by atoms with E-state index >= 15 is 0 Å². The Hall–Kier alpha value is -3.22. The first kappa shape index (κ1) is 21.5. The van der Waals surface area contributed by atoms with E-state index in [0.29, 0.717) is 25.7 Å². The number of nitrogens with zero attached hydrogens (tertiary/aromatic N) is 2. The molecular weight excluding hydrogens is 380 g/mol. The summed E-state index contributed by atoms with van der Waals surface area (Å²) in [5.41, 5.74) is 2.29. The maximum atomic E-state index is 12.0. The lowest BCUT2D eigenvalue weighted by Gasteiger charge is -2.28. The largest absolute Gasteiger partial charge is 0.493 e. The lowest BCUT2D eigenvalue weighted by atomic mass is 10.0. The van der Waals surface area contributed by atoms with Crippen LogP contribution >= 0.6 is 0 Å². The van der Waals surface area contributed by atoms with Crippen LogP contribution in [0.3, 0.4) is 0 Å². The molecule has 2 aromatic rings. The molecule has 0 aromatic heterocycles. The molecule has 0 saturated heterocycles. The molecule has 1 amide bonds. The van der Waals surface area contributed by atoms with Crippen molar-refractivity contribution in [1.82, 2.24) is 15.5 Å². The molecule has 1 aliphatic heterocycles. The Morgan fingerprint density at radius 1 is 1.20 bits per heavy atom. The van der Waals surface area contributed by atoms with Crippen LogP contribution < -0.4 is 20.1 Å². The van der Waals surface area contributed by atoms with Gasteiger partial charge in [-0.2, -0.15) is 0 Å². The van der Waals surface area contributed by atoms with Crippen molar-refractivity contribution in [3.8, 4) is 11.5 Å². The first-order valence-electron chi connectivity index (χ1n) is 10.2. The fourth-order valence-electron chi connectivity index (χ4n) is 3.07. The highest BCUT2D eigenvalue weighted by Crippen LogP contribution is 2.31. The van der Waals surface area contributed by atoms with Crippen molar-refractivity contribution in [3.63, 3.8) is 0 Å². The molecule has 1 aliphatic rings. The Bertz CT molecular complexity index is 865. The summed E-state index contributed by atoms with van der Waals surface area (Å²) < 4.78 is 11.5. The van der Waals surface area contributed by atoms with E-state index in [4.69, 9.17) is 9.47 Å². The number of para-hydroxylation sites is 1. The van der Waals surface area contributed by atoms with Gasteiger partial charge in [0.15, 0.2) is 5.96 Å². The summed E-state index contributed by atoms with van der Waals surface area (Å²) in [7, 11) is 3.45. The zero-order valence-corrected chi connectivity index (χ0v) is 17.9. The molecule has 0 saturated carbocycles. The molecule has 3 rings (SSSR count). The minimum Gasteiger partial charge on any atom is -0.493 e. The van der Waals surface area contributed by atoms with Gasteiger partial charge in [-0.05, 0) is 25.1 Å². The molecule has 0 spiro atoms. The number of nitrogens with one attached hydrogen (secondary N) is 2. The summed E-state index contributed by atoms with van der Waals surface area (Å²) in [6, 6.07) is 16.0. The van der Waals surface area contributed by atoms with Gasteiger partial charge in [-0.25, -0.2) is 4.99 Å². The van der Waals surface area contributed by atoms with Crippen molar-refractivity contribution in [2.45, 2.75) is 19.4 Å². The predicted molar refractivity (Wildman–Crippen MR) is 118 cm³/mol. The monoisotopic (exact) mass is 410 g/mol. The van der Waals surface area contributed by atoms with Crippen LogP contribution in [-0.4, -0.2) is 57.2 Å². The number of likely N-dealkylation sites (N-methyl/N-ethyl adjacent to an activating group) is 1. The number of amides is 1. The summed E-state index contributed by atoms with van der Waals surface area (Å²) in [5, 5.41) is 6.72. The number of guanidine groups is 1. The number of aliphatic imine (C=N–C) groups is 1. The van der Waals surface area contributed by atoms with Gasteiger partial charge in [0, 0.05) is 26.1 Å². The topological polar surface area (TPSA) is 75.2 Å². The zero-order chi connectivity index (χ0) is 21.3. The van der Waals surface area contributed by atoms with E-state index in [1.165, 1.54) is 10.5 Å². The van der Waals surface area contributed by atoms with Gasteiger partial charge >= 0.3 is 0 Å². The number of hydrogen-bond acceptors (Lipinski definition) is 4. The van der Waals surface area contributed by atoms with Crippen molar-refractivity contribution in [1.29, 1.82) is 0 Å². The van der Waals surface area contributed by atoms with Gasteiger partial charge < -0.3 is 25.0 Å². The molecule has 2 N–H and O–H groups in total. The fourth-order valence-corrected chi connectivity index (χ4v) is 3.07.